The summed E-state index contributed by atoms with van der Waals surface area (Å²) in [6.45, 7) is 4.48. The molecule has 2 aromatic rings. The Bertz CT molecular complexity index is 487. The van der Waals surface area contributed by atoms with Crippen LogP contribution < -0.4 is 5.73 Å². The second-order valence-corrected chi connectivity index (χ2v) is 5.34. The number of hydrogen-bond donors (Lipinski definition) is 1. The largest absolute Gasteiger partial charge is 0.324 e. The third kappa shape index (κ3) is 3.68. The Morgan fingerprint density at radius 2 is 1.47 bits per heavy atom. The van der Waals surface area contributed by atoms with Crippen molar-refractivity contribution in [3.63, 3.8) is 0 Å². The van der Waals surface area contributed by atoms with E-state index in [1.807, 2.05) is 6.07 Å². The minimum atomic E-state index is 0.153. The molecule has 2 rings (SSSR count). The van der Waals surface area contributed by atoms with Gasteiger partial charge in [0.25, 0.3) is 0 Å². The van der Waals surface area contributed by atoms with Crippen LogP contribution in [0.4, 0.5) is 0 Å². The molecule has 100 valence electrons. The first-order valence-electron chi connectivity index (χ1n) is 7.11. The summed E-state index contributed by atoms with van der Waals surface area (Å²) in [4.78, 5) is 0. The van der Waals surface area contributed by atoms with Gasteiger partial charge in [-0.1, -0.05) is 74.9 Å². The van der Waals surface area contributed by atoms with Gasteiger partial charge in [-0.05, 0) is 29.0 Å². The van der Waals surface area contributed by atoms with Crippen molar-refractivity contribution in [1.82, 2.24) is 0 Å². The maximum Gasteiger partial charge on any atom is 0.0297 e. The summed E-state index contributed by atoms with van der Waals surface area (Å²) in [7, 11) is 0. The number of nitrogens with two attached hydrogens (primary N) is 1. The quantitative estimate of drug-likeness (QED) is 0.814. The summed E-state index contributed by atoms with van der Waals surface area (Å²) in [5.74, 6) is 0.684. The van der Waals surface area contributed by atoms with Crippen LogP contribution in [0.15, 0.2) is 54.6 Å². The van der Waals surface area contributed by atoms with E-state index in [0.29, 0.717) is 5.92 Å². The van der Waals surface area contributed by atoms with E-state index in [1.54, 1.807) is 0 Å². The highest BCUT2D eigenvalue weighted by atomic mass is 14.6. The van der Waals surface area contributed by atoms with E-state index in [0.717, 1.165) is 6.42 Å². The summed E-state index contributed by atoms with van der Waals surface area (Å²) in [6.07, 6.45) is 2.25. The van der Waals surface area contributed by atoms with Crippen molar-refractivity contribution in [2.75, 3.05) is 0 Å². The highest BCUT2D eigenvalue weighted by molar-refractivity contribution is 5.63. The second kappa shape index (κ2) is 6.53. The first kappa shape index (κ1) is 13.8. The van der Waals surface area contributed by atoms with Crippen LogP contribution in [0.5, 0.6) is 0 Å². The molecule has 0 fully saturated rings. The maximum absolute atomic E-state index is 6.26. The molecule has 0 heterocycles. The molecule has 2 N–H and O–H groups in total. The van der Waals surface area contributed by atoms with E-state index in [2.05, 4.69) is 62.4 Å². The zero-order valence-electron chi connectivity index (χ0n) is 11.8. The van der Waals surface area contributed by atoms with E-state index >= 15 is 0 Å². The standard InChI is InChI=1S/C18H23N/c1-3-14(2)13-18(19)17-11-9-16(10-12-17)15-7-5-4-6-8-15/h4-12,14,18H,3,13,19H2,1-2H3. The van der Waals surface area contributed by atoms with Gasteiger partial charge in [-0.3, -0.25) is 0 Å². The molecule has 0 amide bonds. The molecule has 2 unspecified atom stereocenters. The van der Waals surface area contributed by atoms with Crippen molar-refractivity contribution in [3.05, 3.63) is 60.2 Å². The Kier molecular flexibility index (Phi) is 4.75. The lowest BCUT2D eigenvalue weighted by Gasteiger charge is -2.16. The van der Waals surface area contributed by atoms with E-state index in [9.17, 15) is 0 Å². The van der Waals surface area contributed by atoms with Gasteiger partial charge in [0.1, 0.15) is 0 Å². The normalized spacial score (nSPS) is 14.1. The predicted octanol–water partition coefficient (Wildman–Crippen LogP) is 4.79. The third-order valence-electron chi connectivity index (χ3n) is 3.80. The zero-order chi connectivity index (χ0) is 13.7. The minimum absolute atomic E-state index is 0.153. The van der Waals surface area contributed by atoms with Crippen molar-refractivity contribution in [1.29, 1.82) is 0 Å². The van der Waals surface area contributed by atoms with Crippen LogP contribution in [-0.4, -0.2) is 0 Å². The Hall–Kier alpha value is -1.60. The molecule has 2 aromatic carbocycles. The lowest BCUT2D eigenvalue weighted by atomic mass is 9.94. The number of hydrogen-bond acceptors (Lipinski definition) is 1. The second-order valence-electron chi connectivity index (χ2n) is 5.34. The molecule has 0 aromatic heterocycles. The molecular formula is C18H23N. The fourth-order valence-corrected chi connectivity index (χ4v) is 2.29. The van der Waals surface area contributed by atoms with Crippen LogP contribution in [0.3, 0.4) is 0 Å². The molecule has 19 heavy (non-hydrogen) atoms. The maximum atomic E-state index is 6.26. The fraction of sp³-hybridized carbons (Fsp3) is 0.333. The van der Waals surface area contributed by atoms with Gasteiger partial charge in [0, 0.05) is 6.04 Å². The molecule has 2 atom stereocenters. The summed E-state index contributed by atoms with van der Waals surface area (Å²) in [5, 5.41) is 0. The van der Waals surface area contributed by atoms with Gasteiger partial charge in [0.15, 0.2) is 0 Å². The molecule has 0 saturated heterocycles. The van der Waals surface area contributed by atoms with Crippen LogP contribution in [0.25, 0.3) is 11.1 Å². The molecule has 0 aliphatic rings. The summed E-state index contributed by atoms with van der Waals surface area (Å²) < 4.78 is 0. The van der Waals surface area contributed by atoms with Crippen LogP contribution in [0, 0.1) is 5.92 Å². The molecule has 0 bridgehead atoms. The van der Waals surface area contributed by atoms with Gasteiger partial charge in [-0.25, -0.2) is 0 Å². The number of benzene rings is 2. The molecule has 0 radical (unpaired) electrons. The van der Waals surface area contributed by atoms with Gasteiger partial charge in [0.05, 0.1) is 0 Å². The zero-order valence-corrected chi connectivity index (χ0v) is 11.8. The average Bonchev–Trinajstić information content (AvgIpc) is 2.48. The molecule has 0 aliphatic heterocycles. The van der Waals surface area contributed by atoms with Crippen molar-refractivity contribution in [2.24, 2.45) is 11.7 Å². The summed E-state index contributed by atoms with van der Waals surface area (Å²) >= 11 is 0. The van der Waals surface area contributed by atoms with Gasteiger partial charge < -0.3 is 5.73 Å². The van der Waals surface area contributed by atoms with E-state index in [1.165, 1.54) is 23.1 Å². The highest BCUT2D eigenvalue weighted by Crippen LogP contribution is 2.24. The van der Waals surface area contributed by atoms with Crippen molar-refractivity contribution in [2.45, 2.75) is 32.7 Å². The molecule has 0 saturated carbocycles. The van der Waals surface area contributed by atoms with Gasteiger partial charge in [-0.2, -0.15) is 0 Å². The van der Waals surface area contributed by atoms with Crippen molar-refractivity contribution in [3.8, 4) is 11.1 Å². The average molecular weight is 253 g/mol. The number of rotatable bonds is 5. The third-order valence-corrected chi connectivity index (χ3v) is 3.80. The van der Waals surface area contributed by atoms with Crippen LogP contribution in [0.1, 0.15) is 38.3 Å². The first-order valence-corrected chi connectivity index (χ1v) is 7.11. The molecule has 0 spiro atoms. The summed E-state index contributed by atoms with van der Waals surface area (Å²) in [6, 6.07) is 19.3. The molecular weight excluding hydrogens is 230 g/mol. The Morgan fingerprint density at radius 1 is 0.895 bits per heavy atom. The lowest BCUT2D eigenvalue weighted by Crippen LogP contribution is -2.13. The minimum Gasteiger partial charge on any atom is -0.324 e. The monoisotopic (exact) mass is 253 g/mol. The van der Waals surface area contributed by atoms with Crippen LogP contribution >= 0.6 is 0 Å². The highest BCUT2D eigenvalue weighted by Gasteiger charge is 2.10. The Balaban J connectivity index is 2.10. The Morgan fingerprint density at radius 3 is 2.05 bits per heavy atom. The topological polar surface area (TPSA) is 26.0 Å². The fourth-order valence-electron chi connectivity index (χ4n) is 2.29. The van der Waals surface area contributed by atoms with Gasteiger partial charge >= 0.3 is 0 Å². The van der Waals surface area contributed by atoms with E-state index < -0.39 is 0 Å². The summed E-state index contributed by atoms with van der Waals surface area (Å²) in [5.41, 5.74) is 10.0. The lowest BCUT2D eigenvalue weighted by molar-refractivity contribution is 0.461. The van der Waals surface area contributed by atoms with Gasteiger partial charge in [-0.15, -0.1) is 0 Å². The van der Waals surface area contributed by atoms with Crippen molar-refractivity contribution >= 4 is 0 Å². The first-order chi connectivity index (χ1) is 9.20. The van der Waals surface area contributed by atoms with Crippen LogP contribution in [0.2, 0.25) is 0 Å². The SMILES string of the molecule is CCC(C)CC(N)c1ccc(-c2ccccc2)cc1. The molecule has 1 nitrogen and oxygen atoms in total. The van der Waals surface area contributed by atoms with E-state index in [-0.39, 0.29) is 6.04 Å². The smallest absolute Gasteiger partial charge is 0.0297 e. The van der Waals surface area contributed by atoms with Gasteiger partial charge in [0.2, 0.25) is 0 Å². The Labute approximate surface area is 116 Å². The van der Waals surface area contributed by atoms with E-state index in [4.69, 9.17) is 5.73 Å². The van der Waals surface area contributed by atoms with Crippen LogP contribution in [-0.2, 0) is 0 Å². The predicted molar refractivity (Wildman–Crippen MR) is 82.9 cm³/mol. The molecule has 1 heteroatoms. The van der Waals surface area contributed by atoms with Crippen molar-refractivity contribution < 1.29 is 0 Å². The molecule has 0 aliphatic carbocycles.